The maximum Gasteiger partial charge on any atom is 0.271 e. The molecule has 0 bridgehead atoms. The summed E-state index contributed by atoms with van der Waals surface area (Å²) in [7, 11) is 0. The summed E-state index contributed by atoms with van der Waals surface area (Å²) >= 11 is 1.70. The van der Waals surface area contributed by atoms with E-state index in [1.54, 1.807) is 36.3 Å². The first-order valence-electron chi connectivity index (χ1n) is 7.35. The standard InChI is InChI=1S/C15H15N5O3S/c21-20(22)11-3-4-13-12(9-11)19-14(23-13)10-24-8-2-7-18-15-16-5-1-6-17-15/h1,3-6,9H,2,7-8,10H2,(H,16,17,18). The Kier molecular flexibility index (Phi) is 5.22. The minimum absolute atomic E-state index is 0.0178. The molecule has 2 aromatic heterocycles. The van der Waals surface area contributed by atoms with Crippen molar-refractivity contribution in [1.82, 2.24) is 15.0 Å². The van der Waals surface area contributed by atoms with Crippen LogP contribution in [0, 0.1) is 10.1 Å². The molecule has 0 unspecified atom stereocenters. The minimum atomic E-state index is -0.438. The molecule has 0 aliphatic carbocycles. The molecule has 0 aliphatic rings. The molecular weight excluding hydrogens is 330 g/mol. The summed E-state index contributed by atoms with van der Waals surface area (Å²) in [6.07, 6.45) is 4.35. The highest BCUT2D eigenvalue weighted by Gasteiger charge is 2.11. The van der Waals surface area contributed by atoms with E-state index in [0.29, 0.717) is 28.7 Å². The summed E-state index contributed by atoms with van der Waals surface area (Å²) < 4.78 is 5.59. The second-order valence-corrected chi connectivity index (χ2v) is 6.03. The fraction of sp³-hybridized carbons (Fsp3) is 0.267. The molecule has 1 aromatic carbocycles. The fourth-order valence-corrected chi connectivity index (χ4v) is 2.85. The van der Waals surface area contributed by atoms with Gasteiger partial charge in [-0.2, -0.15) is 11.8 Å². The van der Waals surface area contributed by atoms with Crippen molar-refractivity contribution in [2.75, 3.05) is 17.6 Å². The number of fused-ring (bicyclic) bond motifs is 1. The molecule has 1 N–H and O–H groups in total. The molecule has 3 rings (SSSR count). The van der Waals surface area contributed by atoms with Gasteiger partial charge in [0.05, 0.1) is 10.7 Å². The summed E-state index contributed by atoms with van der Waals surface area (Å²) in [5, 5.41) is 13.9. The molecule has 0 atom stereocenters. The van der Waals surface area contributed by atoms with Crippen molar-refractivity contribution in [3.05, 3.63) is 52.7 Å². The number of nitrogens with one attached hydrogen (secondary N) is 1. The molecule has 3 aromatic rings. The van der Waals surface area contributed by atoms with Crippen LogP contribution in [0.4, 0.5) is 11.6 Å². The average Bonchev–Trinajstić information content (AvgIpc) is 3.00. The molecule has 8 nitrogen and oxygen atoms in total. The molecule has 2 heterocycles. The van der Waals surface area contributed by atoms with E-state index in [1.165, 1.54) is 12.1 Å². The van der Waals surface area contributed by atoms with Gasteiger partial charge in [0.25, 0.3) is 5.69 Å². The van der Waals surface area contributed by atoms with E-state index in [4.69, 9.17) is 4.42 Å². The Morgan fingerprint density at radius 3 is 2.92 bits per heavy atom. The van der Waals surface area contributed by atoms with Gasteiger partial charge in [-0.25, -0.2) is 15.0 Å². The van der Waals surface area contributed by atoms with Crippen molar-refractivity contribution >= 4 is 34.5 Å². The largest absolute Gasteiger partial charge is 0.440 e. The summed E-state index contributed by atoms with van der Waals surface area (Å²) in [4.78, 5) is 22.8. The Bertz CT molecular complexity index is 824. The van der Waals surface area contributed by atoms with Gasteiger partial charge in [0.15, 0.2) is 5.58 Å². The third-order valence-corrected chi connectivity index (χ3v) is 4.19. The zero-order valence-corrected chi connectivity index (χ0v) is 13.5. The summed E-state index contributed by atoms with van der Waals surface area (Å²) in [5.74, 6) is 2.76. The van der Waals surface area contributed by atoms with Crippen molar-refractivity contribution in [3.63, 3.8) is 0 Å². The van der Waals surface area contributed by atoms with E-state index in [2.05, 4.69) is 20.3 Å². The third-order valence-electron chi connectivity index (χ3n) is 3.17. The van der Waals surface area contributed by atoms with Gasteiger partial charge in [-0.15, -0.1) is 0 Å². The number of rotatable bonds is 8. The van der Waals surface area contributed by atoms with Crippen LogP contribution in [0.1, 0.15) is 12.3 Å². The SMILES string of the molecule is O=[N+]([O-])c1ccc2oc(CSCCCNc3ncccn3)nc2c1. The number of benzene rings is 1. The van der Waals surface area contributed by atoms with E-state index < -0.39 is 4.92 Å². The van der Waals surface area contributed by atoms with Gasteiger partial charge in [-0.1, -0.05) is 0 Å². The Labute approximate surface area is 141 Å². The lowest BCUT2D eigenvalue weighted by Gasteiger charge is -2.03. The number of thioether (sulfide) groups is 1. The molecule has 0 radical (unpaired) electrons. The molecule has 0 fully saturated rings. The smallest absolute Gasteiger partial charge is 0.271 e. The molecule has 9 heteroatoms. The number of non-ortho nitro benzene ring substituents is 1. The van der Waals surface area contributed by atoms with Gasteiger partial charge in [0, 0.05) is 31.1 Å². The highest BCUT2D eigenvalue weighted by molar-refractivity contribution is 7.98. The van der Waals surface area contributed by atoms with Crippen LogP contribution in [0.5, 0.6) is 0 Å². The molecule has 0 amide bonds. The Morgan fingerprint density at radius 1 is 1.29 bits per heavy atom. The maximum absolute atomic E-state index is 10.8. The number of oxazole rings is 1. The van der Waals surface area contributed by atoms with E-state index in [9.17, 15) is 10.1 Å². The van der Waals surface area contributed by atoms with Crippen molar-refractivity contribution in [3.8, 4) is 0 Å². The van der Waals surface area contributed by atoms with E-state index in [1.807, 2.05) is 0 Å². The lowest BCUT2D eigenvalue weighted by atomic mass is 10.3. The lowest BCUT2D eigenvalue weighted by molar-refractivity contribution is -0.384. The van der Waals surface area contributed by atoms with Crippen LogP contribution < -0.4 is 5.32 Å². The molecule has 124 valence electrons. The zero-order valence-electron chi connectivity index (χ0n) is 12.7. The van der Waals surface area contributed by atoms with Gasteiger partial charge in [-0.3, -0.25) is 10.1 Å². The predicted octanol–water partition coefficient (Wildman–Crippen LogP) is 3.26. The second kappa shape index (κ2) is 7.73. The van der Waals surface area contributed by atoms with Gasteiger partial charge in [0.2, 0.25) is 11.8 Å². The lowest BCUT2D eigenvalue weighted by Crippen LogP contribution is -2.05. The number of hydrogen-bond acceptors (Lipinski definition) is 8. The number of nitrogens with zero attached hydrogens (tertiary/aromatic N) is 4. The average molecular weight is 345 g/mol. The molecule has 0 spiro atoms. The Morgan fingerprint density at radius 2 is 2.12 bits per heavy atom. The summed E-state index contributed by atoms with van der Waals surface area (Å²) in [6, 6.07) is 6.20. The molecule has 0 saturated carbocycles. The highest BCUT2D eigenvalue weighted by Crippen LogP contribution is 2.23. The van der Waals surface area contributed by atoms with Gasteiger partial charge >= 0.3 is 0 Å². The quantitative estimate of drug-likeness (QED) is 0.376. The fourth-order valence-electron chi connectivity index (χ4n) is 2.06. The van der Waals surface area contributed by atoms with E-state index in [0.717, 1.165) is 18.7 Å². The van der Waals surface area contributed by atoms with Crippen LogP contribution in [-0.2, 0) is 5.75 Å². The molecular formula is C15H15N5O3S. The van der Waals surface area contributed by atoms with Crippen LogP contribution in [-0.4, -0.2) is 32.2 Å². The second-order valence-electron chi connectivity index (χ2n) is 4.92. The van der Waals surface area contributed by atoms with Crippen LogP contribution in [0.2, 0.25) is 0 Å². The third kappa shape index (κ3) is 4.19. The maximum atomic E-state index is 10.8. The number of anilines is 1. The highest BCUT2D eigenvalue weighted by atomic mass is 32.2. The first-order valence-corrected chi connectivity index (χ1v) is 8.50. The molecule has 24 heavy (non-hydrogen) atoms. The first-order chi connectivity index (χ1) is 11.7. The van der Waals surface area contributed by atoms with Crippen molar-refractivity contribution in [2.24, 2.45) is 0 Å². The van der Waals surface area contributed by atoms with Crippen LogP contribution in [0.3, 0.4) is 0 Å². The zero-order chi connectivity index (χ0) is 16.8. The topological polar surface area (TPSA) is 107 Å². The van der Waals surface area contributed by atoms with Gasteiger partial charge in [-0.05, 0) is 24.3 Å². The van der Waals surface area contributed by atoms with Crippen molar-refractivity contribution < 1.29 is 9.34 Å². The molecule has 0 aliphatic heterocycles. The number of nitro groups is 1. The van der Waals surface area contributed by atoms with Crippen LogP contribution in [0.25, 0.3) is 11.1 Å². The van der Waals surface area contributed by atoms with Gasteiger partial charge < -0.3 is 9.73 Å². The first kappa shape index (κ1) is 16.2. The number of aromatic nitrogens is 3. The van der Waals surface area contributed by atoms with Crippen molar-refractivity contribution in [1.29, 1.82) is 0 Å². The van der Waals surface area contributed by atoms with E-state index in [-0.39, 0.29) is 5.69 Å². The monoisotopic (exact) mass is 345 g/mol. The normalized spacial score (nSPS) is 10.8. The van der Waals surface area contributed by atoms with Crippen LogP contribution in [0.15, 0.2) is 41.1 Å². The van der Waals surface area contributed by atoms with Crippen molar-refractivity contribution in [2.45, 2.75) is 12.2 Å². The molecule has 0 saturated heterocycles. The number of nitro benzene ring substituents is 1. The predicted molar refractivity (Wildman–Crippen MR) is 92.0 cm³/mol. The number of hydrogen-bond donors (Lipinski definition) is 1. The summed E-state index contributed by atoms with van der Waals surface area (Å²) in [5.41, 5.74) is 1.10. The summed E-state index contributed by atoms with van der Waals surface area (Å²) in [6.45, 7) is 0.788. The van der Waals surface area contributed by atoms with Gasteiger partial charge in [0.1, 0.15) is 5.52 Å². The minimum Gasteiger partial charge on any atom is -0.440 e. The van der Waals surface area contributed by atoms with Crippen LogP contribution >= 0.6 is 11.8 Å². The Balaban J connectivity index is 1.43. The Hall–Kier alpha value is -2.68. The van der Waals surface area contributed by atoms with E-state index >= 15 is 0 Å².